The van der Waals surface area contributed by atoms with Crippen LogP contribution in [0, 0.1) is 10.1 Å². The number of nitro groups is 1. The van der Waals surface area contributed by atoms with Gasteiger partial charge in [-0.2, -0.15) is 0 Å². The molecule has 1 unspecified atom stereocenters. The van der Waals surface area contributed by atoms with Crippen LogP contribution in [0.4, 0.5) is 17.1 Å². The van der Waals surface area contributed by atoms with Gasteiger partial charge in [0.25, 0.3) is 5.69 Å². The molecular formula is C23H25N3O2. The Morgan fingerprint density at radius 2 is 1.32 bits per heavy atom. The van der Waals surface area contributed by atoms with Gasteiger partial charge >= 0.3 is 0 Å². The summed E-state index contributed by atoms with van der Waals surface area (Å²) in [6.45, 7) is 0. The van der Waals surface area contributed by atoms with E-state index in [4.69, 9.17) is 0 Å². The van der Waals surface area contributed by atoms with Crippen molar-refractivity contribution >= 4 is 17.1 Å². The molecule has 0 aliphatic rings. The molecule has 3 aromatic carbocycles. The van der Waals surface area contributed by atoms with Crippen molar-refractivity contribution in [1.29, 1.82) is 0 Å². The van der Waals surface area contributed by atoms with Crippen LogP contribution in [0.5, 0.6) is 0 Å². The molecule has 0 heterocycles. The average Bonchev–Trinajstić information content (AvgIpc) is 2.69. The zero-order valence-corrected chi connectivity index (χ0v) is 16.7. The standard InChI is InChI=1S/C23H25N3O2/c1-24(2)21-13-9-8-12-19(21)23(17-10-6-5-7-11-17)20-15-14-18(26(27)28)16-22(20)25(3)4/h5-16,23H,1-4H3. The van der Waals surface area contributed by atoms with Crippen LogP contribution in [0.3, 0.4) is 0 Å². The fraction of sp³-hybridized carbons (Fsp3) is 0.217. The van der Waals surface area contributed by atoms with Gasteiger partial charge in [0, 0.05) is 57.6 Å². The number of hydrogen-bond donors (Lipinski definition) is 0. The zero-order chi connectivity index (χ0) is 20.3. The van der Waals surface area contributed by atoms with Crippen LogP contribution in [0.1, 0.15) is 22.6 Å². The number of para-hydroxylation sites is 1. The number of hydrogen-bond acceptors (Lipinski definition) is 4. The number of anilines is 2. The smallest absolute Gasteiger partial charge is 0.271 e. The molecule has 0 aliphatic carbocycles. The molecule has 0 N–H and O–H groups in total. The Bertz CT molecular complexity index is 969. The van der Waals surface area contributed by atoms with Crippen molar-refractivity contribution < 1.29 is 4.92 Å². The molecule has 0 saturated heterocycles. The Labute approximate surface area is 166 Å². The van der Waals surface area contributed by atoms with Gasteiger partial charge in [0.2, 0.25) is 0 Å². The van der Waals surface area contributed by atoms with E-state index >= 15 is 0 Å². The second-order valence-corrected chi connectivity index (χ2v) is 7.19. The van der Waals surface area contributed by atoms with Gasteiger partial charge in [-0.25, -0.2) is 0 Å². The van der Waals surface area contributed by atoms with E-state index in [-0.39, 0.29) is 16.5 Å². The lowest BCUT2D eigenvalue weighted by Crippen LogP contribution is -2.17. The van der Waals surface area contributed by atoms with E-state index in [2.05, 4.69) is 29.2 Å². The summed E-state index contributed by atoms with van der Waals surface area (Å²) >= 11 is 0. The van der Waals surface area contributed by atoms with Crippen molar-refractivity contribution in [2.45, 2.75) is 5.92 Å². The van der Waals surface area contributed by atoms with E-state index in [1.807, 2.05) is 69.5 Å². The molecule has 5 nitrogen and oxygen atoms in total. The Morgan fingerprint density at radius 1 is 0.750 bits per heavy atom. The van der Waals surface area contributed by atoms with Crippen molar-refractivity contribution in [3.05, 3.63) is 99.6 Å². The Hall–Kier alpha value is -3.34. The highest BCUT2D eigenvalue weighted by molar-refractivity contribution is 5.67. The van der Waals surface area contributed by atoms with Gasteiger partial charge < -0.3 is 9.80 Å². The number of benzene rings is 3. The first kappa shape index (κ1) is 19.4. The number of nitro benzene ring substituents is 1. The van der Waals surface area contributed by atoms with Crippen molar-refractivity contribution in [3.8, 4) is 0 Å². The maximum atomic E-state index is 11.3. The third kappa shape index (κ3) is 3.83. The van der Waals surface area contributed by atoms with E-state index in [1.165, 1.54) is 0 Å². The lowest BCUT2D eigenvalue weighted by molar-refractivity contribution is -0.384. The van der Waals surface area contributed by atoms with Crippen molar-refractivity contribution in [1.82, 2.24) is 0 Å². The van der Waals surface area contributed by atoms with Gasteiger partial charge in [0.15, 0.2) is 0 Å². The number of rotatable bonds is 6. The quantitative estimate of drug-likeness (QED) is 0.349. The fourth-order valence-electron chi connectivity index (χ4n) is 3.59. The van der Waals surface area contributed by atoms with Crippen LogP contribution < -0.4 is 9.80 Å². The van der Waals surface area contributed by atoms with Gasteiger partial charge in [-0.1, -0.05) is 48.5 Å². The highest BCUT2D eigenvalue weighted by Crippen LogP contribution is 2.41. The summed E-state index contributed by atoms with van der Waals surface area (Å²) in [7, 11) is 7.90. The second-order valence-electron chi connectivity index (χ2n) is 7.19. The third-order valence-corrected chi connectivity index (χ3v) is 4.88. The first-order valence-corrected chi connectivity index (χ1v) is 9.17. The SMILES string of the molecule is CN(C)c1ccccc1C(c1ccccc1)c1ccc([N+](=O)[O-])cc1N(C)C. The predicted octanol–water partition coefficient (Wildman–Crippen LogP) is 4.91. The highest BCUT2D eigenvalue weighted by atomic mass is 16.6. The lowest BCUT2D eigenvalue weighted by Gasteiger charge is -2.28. The highest BCUT2D eigenvalue weighted by Gasteiger charge is 2.25. The molecule has 0 aliphatic heterocycles. The third-order valence-electron chi connectivity index (χ3n) is 4.88. The molecular weight excluding hydrogens is 350 g/mol. The molecule has 0 spiro atoms. The van der Waals surface area contributed by atoms with Crippen molar-refractivity contribution in [2.24, 2.45) is 0 Å². The molecule has 0 aromatic heterocycles. The summed E-state index contributed by atoms with van der Waals surface area (Å²) in [5.41, 5.74) is 5.41. The van der Waals surface area contributed by atoms with E-state index < -0.39 is 0 Å². The van der Waals surface area contributed by atoms with Crippen LogP contribution in [-0.2, 0) is 0 Å². The number of non-ortho nitro benzene ring substituents is 1. The van der Waals surface area contributed by atoms with Crippen LogP contribution in [0.15, 0.2) is 72.8 Å². The van der Waals surface area contributed by atoms with Crippen molar-refractivity contribution in [2.75, 3.05) is 38.0 Å². The lowest BCUT2D eigenvalue weighted by atomic mass is 9.83. The van der Waals surface area contributed by atoms with Crippen LogP contribution in [0.25, 0.3) is 0 Å². The van der Waals surface area contributed by atoms with E-state index in [0.29, 0.717) is 0 Å². The van der Waals surface area contributed by atoms with Gasteiger partial charge in [0.05, 0.1) is 4.92 Å². The maximum Gasteiger partial charge on any atom is 0.271 e. The molecule has 0 saturated carbocycles. The molecule has 3 rings (SSSR count). The fourth-order valence-corrected chi connectivity index (χ4v) is 3.59. The van der Waals surface area contributed by atoms with Crippen LogP contribution in [-0.4, -0.2) is 33.1 Å². The zero-order valence-electron chi connectivity index (χ0n) is 16.7. The molecule has 0 radical (unpaired) electrons. The minimum absolute atomic E-state index is 0.0435. The molecule has 144 valence electrons. The molecule has 0 fully saturated rings. The monoisotopic (exact) mass is 375 g/mol. The predicted molar refractivity (Wildman–Crippen MR) is 116 cm³/mol. The molecule has 28 heavy (non-hydrogen) atoms. The van der Waals surface area contributed by atoms with Gasteiger partial charge in [-0.15, -0.1) is 0 Å². The van der Waals surface area contributed by atoms with Crippen LogP contribution in [0.2, 0.25) is 0 Å². The van der Waals surface area contributed by atoms with E-state index in [1.54, 1.807) is 12.1 Å². The maximum absolute atomic E-state index is 11.3. The average molecular weight is 375 g/mol. The minimum Gasteiger partial charge on any atom is -0.377 e. The summed E-state index contributed by atoms with van der Waals surface area (Å²) in [6.07, 6.45) is 0. The molecule has 3 aromatic rings. The topological polar surface area (TPSA) is 49.6 Å². The molecule has 5 heteroatoms. The summed E-state index contributed by atoms with van der Waals surface area (Å²) < 4.78 is 0. The largest absolute Gasteiger partial charge is 0.377 e. The molecule has 0 bridgehead atoms. The number of nitrogens with zero attached hydrogens (tertiary/aromatic N) is 3. The van der Waals surface area contributed by atoms with Crippen LogP contribution >= 0.6 is 0 Å². The van der Waals surface area contributed by atoms with Gasteiger partial charge in [-0.05, 0) is 28.8 Å². The van der Waals surface area contributed by atoms with E-state index in [0.717, 1.165) is 28.1 Å². The molecule has 1 atom stereocenters. The Balaban J connectivity index is 2.30. The summed E-state index contributed by atoms with van der Waals surface area (Å²) in [5.74, 6) is -0.0435. The first-order valence-electron chi connectivity index (χ1n) is 9.17. The molecule has 0 amide bonds. The summed E-state index contributed by atoms with van der Waals surface area (Å²) in [4.78, 5) is 15.0. The Morgan fingerprint density at radius 3 is 1.93 bits per heavy atom. The first-order chi connectivity index (χ1) is 13.4. The minimum atomic E-state index is -0.345. The van der Waals surface area contributed by atoms with Gasteiger partial charge in [-0.3, -0.25) is 10.1 Å². The van der Waals surface area contributed by atoms with E-state index in [9.17, 15) is 10.1 Å². The summed E-state index contributed by atoms with van der Waals surface area (Å²) in [6, 6.07) is 23.7. The Kier molecular flexibility index (Phi) is 5.64. The van der Waals surface area contributed by atoms with Crippen molar-refractivity contribution in [3.63, 3.8) is 0 Å². The van der Waals surface area contributed by atoms with Gasteiger partial charge in [0.1, 0.15) is 0 Å². The summed E-state index contributed by atoms with van der Waals surface area (Å²) in [5, 5.41) is 11.3. The normalized spacial score (nSPS) is 11.7. The second kappa shape index (κ2) is 8.13.